The lowest BCUT2D eigenvalue weighted by atomic mass is 10.1. The Morgan fingerprint density at radius 1 is 1.21 bits per heavy atom. The zero-order chi connectivity index (χ0) is 27.4. The molecule has 2 saturated heterocycles. The summed E-state index contributed by atoms with van der Waals surface area (Å²) in [7, 11) is -3.04. The number of thiophene rings is 1. The third kappa shape index (κ3) is 6.29. The van der Waals surface area contributed by atoms with Gasteiger partial charge in [-0.05, 0) is 43.5 Å². The van der Waals surface area contributed by atoms with Gasteiger partial charge in [0.1, 0.15) is 10.9 Å². The molecule has 3 heterocycles. The number of nitrogens with one attached hydrogen (secondary N) is 2. The van der Waals surface area contributed by atoms with Gasteiger partial charge < -0.3 is 25.0 Å². The molecule has 4 rings (SSSR count). The third-order valence-electron chi connectivity index (χ3n) is 6.45. The third-order valence-corrected chi connectivity index (χ3v) is 9.18. The highest BCUT2D eigenvalue weighted by Crippen LogP contribution is 2.37. The topological polar surface area (TPSA) is 145 Å². The highest BCUT2D eigenvalue weighted by atomic mass is 35.5. The Hall–Kier alpha value is -2.71. The first-order chi connectivity index (χ1) is 18.1. The minimum absolute atomic E-state index is 0.0141. The lowest BCUT2D eigenvalue weighted by Crippen LogP contribution is -2.55. The number of para-hydroxylation sites is 1. The fraction of sp³-hybridized carbons (Fsp3) is 0.458. The first-order valence-electron chi connectivity index (χ1n) is 12.1. The van der Waals surface area contributed by atoms with E-state index in [0.29, 0.717) is 47.1 Å². The summed E-state index contributed by atoms with van der Waals surface area (Å²) in [5.74, 6) is -1.18. The Kier molecular flexibility index (Phi) is 8.93. The molecule has 3 amide bonds. The summed E-state index contributed by atoms with van der Waals surface area (Å²) in [6, 6.07) is 6.20. The SMILES string of the molecule is COc1c(N2CCCC2=O)cccc1S(=O)(=O)N[C@@H](CNC(=O)c1ccc(Cl)s1)C(=O)N1CCC(O)CC1. The van der Waals surface area contributed by atoms with Gasteiger partial charge in [-0.25, -0.2) is 8.42 Å². The Morgan fingerprint density at radius 2 is 1.95 bits per heavy atom. The Morgan fingerprint density at radius 3 is 2.55 bits per heavy atom. The van der Waals surface area contributed by atoms with Crippen LogP contribution in [0.5, 0.6) is 5.75 Å². The number of aliphatic hydroxyl groups is 1. The zero-order valence-electron chi connectivity index (χ0n) is 20.7. The normalized spacial score (nSPS) is 17.5. The second kappa shape index (κ2) is 12.0. The lowest BCUT2D eigenvalue weighted by Gasteiger charge is -2.32. The number of hydrogen-bond acceptors (Lipinski definition) is 8. The number of rotatable bonds is 9. The molecule has 1 aromatic carbocycles. The minimum Gasteiger partial charge on any atom is -0.493 e. The smallest absolute Gasteiger partial charge is 0.261 e. The van der Waals surface area contributed by atoms with E-state index in [1.807, 2.05) is 0 Å². The molecule has 1 aromatic heterocycles. The number of hydrogen-bond donors (Lipinski definition) is 3. The van der Waals surface area contributed by atoms with Crippen molar-refractivity contribution in [1.29, 1.82) is 0 Å². The summed E-state index contributed by atoms with van der Waals surface area (Å²) in [4.78, 5) is 41.4. The quantitative estimate of drug-likeness (QED) is 0.406. The van der Waals surface area contributed by atoms with E-state index in [-0.39, 0.29) is 36.2 Å². The van der Waals surface area contributed by atoms with Crippen molar-refractivity contribution in [3.63, 3.8) is 0 Å². The molecular weight excluding hydrogens is 556 g/mol. The number of aliphatic hydroxyl groups excluding tert-OH is 1. The number of anilines is 1. The van der Waals surface area contributed by atoms with E-state index in [2.05, 4.69) is 10.0 Å². The van der Waals surface area contributed by atoms with Crippen molar-refractivity contribution in [3.05, 3.63) is 39.5 Å². The van der Waals surface area contributed by atoms with Crippen LogP contribution in [-0.4, -0.2) is 81.6 Å². The summed E-state index contributed by atoms with van der Waals surface area (Å²) in [6.45, 7) is 0.621. The van der Waals surface area contributed by atoms with E-state index in [1.54, 1.807) is 12.1 Å². The van der Waals surface area contributed by atoms with Crippen molar-refractivity contribution in [1.82, 2.24) is 14.9 Å². The molecule has 0 saturated carbocycles. The highest BCUT2D eigenvalue weighted by Gasteiger charge is 2.34. The van der Waals surface area contributed by atoms with Crippen molar-refractivity contribution < 1.29 is 32.6 Å². The largest absolute Gasteiger partial charge is 0.493 e. The van der Waals surface area contributed by atoms with Crippen LogP contribution in [0.1, 0.15) is 35.4 Å². The monoisotopic (exact) mass is 584 g/mol. The van der Waals surface area contributed by atoms with E-state index < -0.39 is 34.0 Å². The molecule has 2 aromatic rings. The number of ether oxygens (including phenoxy) is 1. The van der Waals surface area contributed by atoms with Crippen molar-refractivity contribution >= 4 is 56.4 Å². The van der Waals surface area contributed by atoms with Gasteiger partial charge in [0.05, 0.1) is 28.1 Å². The molecule has 11 nitrogen and oxygen atoms in total. The number of carbonyl (C=O) groups is 3. The first kappa shape index (κ1) is 28.3. The maximum Gasteiger partial charge on any atom is 0.261 e. The van der Waals surface area contributed by atoms with Crippen LogP contribution in [0, 0.1) is 0 Å². The van der Waals surface area contributed by atoms with Crippen LogP contribution in [0.15, 0.2) is 35.2 Å². The van der Waals surface area contributed by atoms with Gasteiger partial charge in [-0.3, -0.25) is 14.4 Å². The number of benzene rings is 1. The molecule has 3 N–H and O–H groups in total. The zero-order valence-corrected chi connectivity index (χ0v) is 23.1. The average Bonchev–Trinajstić information content (AvgIpc) is 3.53. The maximum absolute atomic E-state index is 13.6. The molecule has 0 unspecified atom stereocenters. The minimum atomic E-state index is -4.35. The molecule has 0 aliphatic carbocycles. The molecule has 38 heavy (non-hydrogen) atoms. The van der Waals surface area contributed by atoms with Crippen LogP contribution in [0.2, 0.25) is 4.34 Å². The molecule has 0 spiro atoms. The van der Waals surface area contributed by atoms with Crippen LogP contribution < -0.4 is 19.7 Å². The number of halogens is 1. The number of amides is 3. The van der Waals surface area contributed by atoms with Crippen LogP contribution in [0.25, 0.3) is 0 Å². The van der Waals surface area contributed by atoms with Gasteiger partial charge in [0, 0.05) is 32.6 Å². The van der Waals surface area contributed by atoms with Gasteiger partial charge in [-0.2, -0.15) is 4.72 Å². The second-order valence-electron chi connectivity index (χ2n) is 9.00. The van der Waals surface area contributed by atoms with E-state index in [1.165, 1.54) is 35.1 Å². The number of likely N-dealkylation sites (tertiary alicyclic amines) is 1. The van der Waals surface area contributed by atoms with Gasteiger partial charge in [0.25, 0.3) is 5.91 Å². The molecule has 2 aliphatic rings. The van der Waals surface area contributed by atoms with Crippen molar-refractivity contribution in [2.75, 3.05) is 38.2 Å². The summed E-state index contributed by atoms with van der Waals surface area (Å²) in [5, 5.41) is 12.4. The Labute approximate surface area is 229 Å². The highest BCUT2D eigenvalue weighted by molar-refractivity contribution is 7.89. The molecule has 14 heteroatoms. The molecule has 0 bridgehead atoms. The maximum atomic E-state index is 13.6. The van der Waals surface area contributed by atoms with Gasteiger partial charge in [0.2, 0.25) is 21.8 Å². The molecule has 0 radical (unpaired) electrons. The van der Waals surface area contributed by atoms with E-state index in [0.717, 1.165) is 11.3 Å². The second-order valence-corrected chi connectivity index (χ2v) is 12.4. The summed E-state index contributed by atoms with van der Waals surface area (Å²) in [5.41, 5.74) is 0.327. The van der Waals surface area contributed by atoms with Crippen LogP contribution >= 0.6 is 22.9 Å². The predicted octanol–water partition coefficient (Wildman–Crippen LogP) is 1.60. The van der Waals surface area contributed by atoms with E-state index in [9.17, 15) is 27.9 Å². The summed E-state index contributed by atoms with van der Waals surface area (Å²) in [6.07, 6.45) is 1.20. The Bertz CT molecular complexity index is 1310. The van der Waals surface area contributed by atoms with E-state index >= 15 is 0 Å². The van der Waals surface area contributed by atoms with Crippen LogP contribution in [-0.2, 0) is 19.6 Å². The molecule has 206 valence electrons. The molecule has 1 atom stereocenters. The number of carbonyl (C=O) groups excluding carboxylic acids is 3. The molecule has 2 aliphatic heterocycles. The van der Waals surface area contributed by atoms with Gasteiger partial charge in [0.15, 0.2) is 5.75 Å². The standard InChI is InChI=1S/C24H29ClN4O7S2/c1-36-22-17(29-11-3-6-21(29)31)4-2-5-19(22)38(34,35)27-16(24(33)28-12-9-15(30)10-13-28)14-26-23(32)18-7-8-20(25)37-18/h2,4-5,7-8,15-16,27,30H,3,6,9-14H2,1H3,(H,26,32)/t16-/m0/s1. The number of sulfonamides is 1. The van der Waals surface area contributed by atoms with Gasteiger partial charge >= 0.3 is 0 Å². The van der Waals surface area contributed by atoms with E-state index in [4.69, 9.17) is 16.3 Å². The van der Waals surface area contributed by atoms with Crippen molar-refractivity contribution in [2.45, 2.75) is 42.7 Å². The van der Waals surface area contributed by atoms with Crippen LogP contribution in [0.4, 0.5) is 5.69 Å². The van der Waals surface area contributed by atoms with Gasteiger partial charge in [-0.1, -0.05) is 17.7 Å². The summed E-state index contributed by atoms with van der Waals surface area (Å²) < 4.78 is 35.5. The fourth-order valence-electron chi connectivity index (χ4n) is 4.49. The van der Waals surface area contributed by atoms with Crippen molar-refractivity contribution in [3.8, 4) is 5.75 Å². The average molecular weight is 585 g/mol. The Balaban J connectivity index is 1.60. The van der Waals surface area contributed by atoms with Crippen molar-refractivity contribution in [2.24, 2.45) is 0 Å². The summed E-state index contributed by atoms with van der Waals surface area (Å²) >= 11 is 6.97. The molecular formula is C24H29ClN4O7S2. The first-order valence-corrected chi connectivity index (χ1v) is 14.8. The number of nitrogens with zero attached hydrogens (tertiary/aromatic N) is 2. The van der Waals surface area contributed by atoms with Crippen LogP contribution in [0.3, 0.4) is 0 Å². The number of methoxy groups -OCH3 is 1. The van der Waals surface area contributed by atoms with Gasteiger partial charge in [-0.15, -0.1) is 11.3 Å². The molecule has 2 fully saturated rings. The lowest BCUT2D eigenvalue weighted by molar-refractivity contribution is -0.134. The predicted molar refractivity (Wildman–Crippen MR) is 142 cm³/mol. The number of piperidine rings is 1. The fourth-order valence-corrected chi connectivity index (χ4v) is 6.83.